The molecule has 0 aliphatic rings. The van der Waals surface area contributed by atoms with Gasteiger partial charge in [-0.3, -0.25) is 4.79 Å². The third-order valence-corrected chi connectivity index (χ3v) is 3.90. The molecule has 5 heteroatoms. The fraction of sp³-hybridized carbons (Fsp3) is 0.238. The Morgan fingerprint density at radius 2 is 1.81 bits per heavy atom. The summed E-state index contributed by atoms with van der Waals surface area (Å²) in [6, 6.07) is 15.9. The van der Waals surface area contributed by atoms with Gasteiger partial charge in [0.25, 0.3) is 0 Å². The van der Waals surface area contributed by atoms with Crippen molar-refractivity contribution in [2.24, 2.45) is 0 Å². The molecule has 0 radical (unpaired) electrons. The SMILES string of the molecule is CCOc1ccc(Oc2ccc3cc(CCNC(C)=O)ccc3c2)cn1. The van der Waals surface area contributed by atoms with E-state index in [0.29, 0.717) is 24.8 Å². The van der Waals surface area contributed by atoms with Crippen molar-refractivity contribution in [3.8, 4) is 17.4 Å². The van der Waals surface area contributed by atoms with Crippen molar-refractivity contribution < 1.29 is 14.3 Å². The van der Waals surface area contributed by atoms with Crippen molar-refractivity contribution in [3.63, 3.8) is 0 Å². The Labute approximate surface area is 153 Å². The number of ether oxygens (including phenoxy) is 2. The highest BCUT2D eigenvalue weighted by Crippen LogP contribution is 2.26. The molecule has 3 rings (SSSR count). The van der Waals surface area contributed by atoms with E-state index in [1.165, 1.54) is 12.5 Å². The van der Waals surface area contributed by atoms with Gasteiger partial charge in [-0.2, -0.15) is 0 Å². The first-order valence-electron chi connectivity index (χ1n) is 8.68. The molecule has 0 saturated heterocycles. The summed E-state index contributed by atoms with van der Waals surface area (Å²) in [5.74, 6) is 2.01. The number of benzene rings is 2. The smallest absolute Gasteiger partial charge is 0.216 e. The van der Waals surface area contributed by atoms with Crippen LogP contribution in [0.3, 0.4) is 0 Å². The molecule has 0 atom stereocenters. The summed E-state index contributed by atoms with van der Waals surface area (Å²) < 4.78 is 11.2. The summed E-state index contributed by atoms with van der Waals surface area (Å²) in [4.78, 5) is 15.2. The van der Waals surface area contributed by atoms with Gasteiger partial charge in [0.05, 0.1) is 12.8 Å². The van der Waals surface area contributed by atoms with Gasteiger partial charge in [-0.05, 0) is 47.9 Å². The Morgan fingerprint density at radius 1 is 1.04 bits per heavy atom. The topological polar surface area (TPSA) is 60.5 Å². The molecule has 0 aliphatic heterocycles. The minimum absolute atomic E-state index is 0.00337. The highest BCUT2D eigenvalue weighted by Gasteiger charge is 2.03. The summed E-state index contributed by atoms with van der Waals surface area (Å²) in [6.07, 6.45) is 2.46. The monoisotopic (exact) mass is 350 g/mol. The van der Waals surface area contributed by atoms with Gasteiger partial charge in [-0.25, -0.2) is 4.98 Å². The first kappa shape index (κ1) is 17.7. The van der Waals surface area contributed by atoms with Gasteiger partial charge in [-0.1, -0.05) is 24.3 Å². The fourth-order valence-electron chi connectivity index (χ4n) is 2.67. The van der Waals surface area contributed by atoms with Gasteiger partial charge in [-0.15, -0.1) is 0 Å². The second-order valence-electron chi connectivity index (χ2n) is 5.94. The third-order valence-electron chi connectivity index (χ3n) is 3.90. The minimum Gasteiger partial charge on any atom is -0.478 e. The number of carbonyl (C=O) groups is 1. The maximum absolute atomic E-state index is 10.9. The van der Waals surface area contributed by atoms with Crippen LogP contribution in [0.25, 0.3) is 10.8 Å². The average molecular weight is 350 g/mol. The van der Waals surface area contributed by atoms with Crippen LogP contribution in [0.5, 0.6) is 17.4 Å². The molecule has 1 amide bonds. The number of carbonyl (C=O) groups excluding carboxylic acids is 1. The maximum atomic E-state index is 10.9. The molecule has 26 heavy (non-hydrogen) atoms. The quantitative estimate of drug-likeness (QED) is 0.697. The van der Waals surface area contributed by atoms with Crippen LogP contribution in [0.4, 0.5) is 0 Å². The molecule has 0 unspecified atom stereocenters. The minimum atomic E-state index is -0.00337. The predicted molar refractivity (Wildman–Crippen MR) is 102 cm³/mol. The lowest BCUT2D eigenvalue weighted by atomic mass is 10.0. The van der Waals surface area contributed by atoms with Crippen LogP contribution in [-0.4, -0.2) is 24.0 Å². The van der Waals surface area contributed by atoms with E-state index in [2.05, 4.69) is 28.5 Å². The highest BCUT2D eigenvalue weighted by molar-refractivity contribution is 5.84. The molecular weight excluding hydrogens is 328 g/mol. The zero-order valence-electron chi connectivity index (χ0n) is 15.0. The number of nitrogens with one attached hydrogen (secondary N) is 1. The molecule has 0 fully saturated rings. The van der Waals surface area contributed by atoms with Crippen LogP contribution < -0.4 is 14.8 Å². The fourth-order valence-corrected chi connectivity index (χ4v) is 2.67. The molecule has 1 heterocycles. The van der Waals surface area contributed by atoms with Crippen LogP contribution in [-0.2, 0) is 11.2 Å². The summed E-state index contributed by atoms with van der Waals surface area (Å²) in [5, 5.41) is 5.06. The second kappa shape index (κ2) is 8.34. The number of fused-ring (bicyclic) bond motifs is 1. The van der Waals surface area contributed by atoms with Crippen molar-refractivity contribution in [2.45, 2.75) is 20.3 Å². The van der Waals surface area contributed by atoms with Crippen molar-refractivity contribution in [3.05, 3.63) is 60.3 Å². The summed E-state index contributed by atoms with van der Waals surface area (Å²) in [6.45, 7) is 4.69. The van der Waals surface area contributed by atoms with Crippen molar-refractivity contribution in [2.75, 3.05) is 13.2 Å². The van der Waals surface area contributed by atoms with Crippen molar-refractivity contribution in [1.29, 1.82) is 0 Å². The van der Waals surface area contributed by atoms with Crippen LogP contribution in [0, 0.1) is 0 Å². The van der Waals surface area contributed by atoms with Gasteiger partial charge >= 0.3 is 0 Å². The van der Waals surface area contributed by atoms with E-state index in [4.69, 9.17) is 9.47 Å². The van der Waals surface area contributed by atoms with Gasteiger partial charge in [0, 0.05) is 19.5 Å². The summed E-state index contributed by atoms with van der Waals surface area (Å²) >= 11 is 0. The van der Waals surface area contributed by atoms with Gasteiger partial charge < -0.3 is 14.8 Å². The predicted octanol–water partition coefficient (Wildman–Crippen LogP) is 4.10. The van der Waals surface area contributed by atoms with E-state index in [1.54, 1.807) is 12.3 Å². The van der Waals surface area contributed by atoms with E-state index < -0.39 is 0 Å². The Bertz CT molecular complexity index is 891. The van der Waals surface area contributed by atoms with Crippen molar-refractivity contribution in [1.82, 2.24) is 10.3 Å². The molecule has 0 spiro atoms. The van der Waals surface area contributed by atoms with Crippen LogP contribution in [0.2, 0.25) is 0 Å². The lowest BCUT2D eigenvalue weighted by Crippen LogP contribution is -2.22. The van der Waals surface area contributed by atoms with Gasteiger partial charge in [0.2, 0.25) is 11.8 Å². The van der Waals surface area contributed by atoms with E-state index in [-0.39, 0.29) is 5.91 Å². The van der Waals surface area contributed by atoms with E-state index in [9.17, 15) is 4.79 Å². The number of nitrogens with zero attached hydrogens (tertiary/aromatic N) is 1. The van der Waals surface area contributed by atoms with E-state index in [0.717, 1.165) is 22.9 Å². The first-order valence-corrected chi connectivity index (χ1v) is 8.68. The standard InChI is InChI=1S/C21H22N2O3/c1-3-25-21-9-8-20(14-23-21)26-19-7-6-17-12-16(4-5-18(17)13-19)10-11-22-15(2)24/h4-9,12-14H,3,10-11H2,1-2H3,(H,22,24). The Balaban J connectivity index is 1.69. The molecule has 5 nitrogen and oxygen atoms in total. The zero-order valence-corrected chi connectivity index (χ0v) is 15.0. The molecule has 1 N–H and O–H groups in total. The lowest BCUT2D eigenvalue weighted by molar-refractivity contribution is -0.118. The van der Waals surface area contributed by atoms with Crippen molar-refractivity contribution >= 4 is 16.7 Å². The van der Waals surface area contributed by atoms with Gasteiger partial charge in [0.15, 0.2) is 0 Å². The lowest BCUT2D eigenvalue weighted by Gasteiger charge is -2.09. The maximum Gasteiger partial charge on any atom is 0.216 e. The number of aromatic nitrogens is 1. The molecule has 0 aliphatic carbocycles. The summed E-state index contributed by atoms with van der Waals surface area (Å²) in [5.41, 5.74) is 1.19. The second-order valence-corrected chi connectivity index (χ2v) is 5.94. The van der Waals surface area contributed by atoms with E-state index >= 15 is 0 Å². The normalized spacial score (nSPS) is 10.5. The highest BCUT2D eigenvalue weighted by atomic mass is 16.5. The number of rotatable bonds is 7. The molecule has 3 aromatic rings. The average Bonchev–Trinajstić information content (AvgIpc) is 2.63. The molecule has 1 aromatic heterocycles. The van der Waals surface area contributed by atoms with Crippen LogP contribution >= 0.6 is 0 Å². The first-order chi connectivity index (χ1) is 12.6. The summed E-state index contributed by atoms with van der Waals surface area (Å²) in [7, 11) is 0. The Hall–Kier alpha value is -3.08. The van der Waals surface area contributed by atoms with Crippen LogP contribution in [0.15, 0.2) is 54.7 Å². The number of amides is 1. The number of pyridine rings is 1. The largest absolute Gasteiger partial charge is 0.478 e. The van der Waals surface area contributed by atoms with Crippen LogP contribution in [0.1, 0.15) is 19.4 Å². The molecule has 134 valence electrons. The molecule has 2 aromatic carbocycles. The van der Waals surface area contributed by atoms with Gasteiger partial charge in [0.1, 0.15) is 11.5 Å². The number of hydrogen-bond acceptors (Lipinski definition) is 4. The molecule has 0 saturated carbocycles. The molecule has 0 bridgehead atoms. The Kier molecular flexibility index (Phi) is 5.69. The third kappa shape index (κ3) is 4.72. The van der Waals surface area contributed by atoms with E-state index in [1.807, 2.05) is 31.2 Å². The molecular formula is C21H22N2O3. The zero-order chi connectivity index (χ0) is 18.4. The Morgan fingerprint density at radius 3 is 2.54 bits per heavy atom. The number of hydrogen-bond donors (Lipinski definition) is 1.